The zero-order valence-electron chi connectivity index (χ0n) is 8.51. The lowest BCUT2D eigenvalue weighted by Crippen LogP contribution is -2.11. The minimum atomic E-state index is -3.28. The van der Waals surface area contributed by atoms with E-state index in [4.69, 9.17) is 11.6 Å². The molecule has 0 bridgehead atoms. The normalized spacial score (nSPS) is 12.1. The summed E-state index contributed by atoms with van der Waals surface area (Å²) in [4.78, 5) is 4.05. The summed E-state index contributed by atoms with van der Waals surface area (Å²) in [6.07, 6.45) is 3.67. The molecule has 0 aliphatic heterocycles. The Balaban J connectivity index is 2.50. The van der Waals surface area contributed by atoms with Crippen molar-refractivity contribution in [1.82, 2.24) is 9.38 Å². The van der Waals surface area contributed by atoms with Crippen LogP contribution in [0.1, 0.15) is 6.42 Å². The summed E-state index contributed by atoms with van der Waals surface area (Å²) in [5.41, 5.74) is 0.631. The SMILES string of the molecule is O=S(=O)(CCCCl)c1cccc2nccn12. The van der Waals surface area contributed by atoms with Gasteiger partial charge in [-0.3, -0.25) is 4.40 Å². The van der Waals surface area contributed by atoms with Gasteiger partial charge in [0.15, 0.2) is 9.84 Å². The largest absolute Gasteiger partial charge is 0.290 e. The molecule has 0 amide bonds. The van der Waals surface area contributed by atoms with Gasteiger partial charge in [0.25, 0.3) is 0 Å². The van der Waals surface area contributed by atoms with Crippen LogP contribution in [0.5, 0.6) is 0 Å². The Hall–Kier alpha value is -1.07. The van der Waals surface area contributed by atoms with Gasteiger partial charge in [0.05, 0.1) is 5.75 Å². The fourth-order valence-corrected chi connectivity index (χ4v) is 3.29. The molecule has 16 heavy (non-hydrogen) atoms. The predicted octanol–water partition coefficient (Wildman–Crippen LogP) is 1.74. The van der Waals surface area contributed by atoms with Crippen LogP contribution in [0, 0.1) is 0 Å². The Morgan fingerprint density at radius 1 is 1.38 bits per heavy atom. The summed E-state index contributed by atoms with van der Waals surface area (Å²) in [5.74, 6) is 0.410. The summed E-state index contributed by atoms with van der Waals surface area (Å²) in [7, 11) is -3.28. The number of imidazole rings is 1. The lowest BCUT2D eigenvalue weighted by atomic mass is 10.5. The van der Waals surface area contributed by atoms with Gasteiger partial charge >= 0.3 is 0 Å². The summed E-state index contributed by atoms with van der Waals surface area (Å²) in [5, 5.41) is 0.271. The molecule has 0 radical (unpaired) electrons. The molecular weight excluding hydrogens is 248 g/mol. The Bertz CT molecular complexity index is 592. The van der Waals surface area contributed by atoms with Crippen molar-refractivity contribution < 1.29 is 8.42 Å². The molecule has 0 atom stereocenters. The Morgan fingerprint density at radius 2 is 2.19 bits per heavy atom. The number of rotatable bonds is 4. The molecule has 2 aromatic heterocycles. The minimum absolute atomic E-state index is 0.0633. The zero-order valence-corrected chi connectivity index (χ0v) is 10.1. The third kappa shape index (κ3) is 2.05. The average molecular weight is 259 g/mol. The van der Waals surface area contributed by atoms with Crippen LogP contribution in [-0.2, 0) is 9.84 Å². The lowest BCUT2D eigenvalue weighted by molar-refractivity contribution is 0.589. The molecule has 4 nitrogen and oxygen atoms in total. The lowest BCUT2D eigenvalue weighted by Gasteiger charge is -2.05. The first-order chi connectivity index (χ1) is 7.65. The van der Waals surface area contributed by atoms with Gasteiger partial charge in [-0.15, -0.1) is 11.6 Å². The molecule has 0 saturated heterocycles. The Morgan fingerprint density at radius 3 is 2.94 bits per heavy atom. The molecular formula is C10H11ClN2O2S. The van der Waals surface area contributed by atoms with Crippen LogP contribution in [0.2, 0.25) is 0 Å². The smallest absolute Gasteiger partial charge is 0.194 e. The standard InChI is InChI=1S/C10H11ClN2O2S/c11-5-2-8-16(14,15)10-4-1-3-9-12-6-7-13(9)10/h1,3-4,6-7H,2,5,8H2. The number of nitrogens with zero attached hydrogens (tertiary/aromatic N) is 2. The number of pyridine rings is 1. The van der Waals surface area contributed by atoms with E-state index in [1.54, 1.807) is 35.0 Å². The van der Waals surface area contributed by atoms with Crippen molar-refractivity contribution in [2.24, 2.45) is 0 Å². The maximum absolute atomic E-state index is 12.0. The van der Waals surface area contributed by atoms with Crippen LogP contribution in [0.4, 0.5) is 0 Å². The molecule has 2 rings (SSSR count). The number of hydrogen-bond donors (Lipinski definition) is 0. The van der Waals surface area contributed by atoms with Crippen molar-refractivity contribution in [2.45, 2.75) is 11.4 Å². The molecule has 2 aromatic rings. The first kappa shape index (κ1) is 11.4. The van der Waals surface area contributed by atoms with Gasteiger partial charge in [-0.1, -0.05) is 6.07 Å². The van der Waals surface area contributed by atoms with Gasteiger partial charge in [-0.2, -0.15) is 0 Å². The van der Waals surface area contributed by atoms with Gasteiger partial charge in [-0.25, -0.2) is 13.4 Å². The topological polar surface area (TPSA) is 51.4 Å². The molecule has 0 unspecified atom stereocenters. The monoisotopic (exact) mass is 258 g/mol. The van der Waals surface area contributed by atoms with Crippen molar-refractivity contribution >= 4 is 27.1 Å². The van der Waals surface area contributed by atoms with E-state index in [1.807, 2.05) is 0 Å². The third-order valence-corrected chi connectivity index (χ3v) is 4.32. The first-order valence-corrected chi connectivity index (χ1v) is 7.04. The number of halogens is 1. The molecule has 86 valence electrons. The van der Waals surface area contributed by atoms with E-state index in [-0.39, 0.29) is 10.8 Å². The van der Waals surface area contributed by atoms with Crippen molar-refractivity contribution in [3.05, 3.63) is 30.6 Å². The van der Waals surface area contributed by atoms with E-state index in [9.17, 15) is 8.42 Å². The van der Waals surface area contributed by atoms with E-state index >= 15 is 0 Å². The number of sulfone groups is 1. The second-order valence-electron chi connectivity index (χ2n) is 3.38. The number of fused-ring (bicyclic) bond motifs is 1. The highest BCUT2D eigenvalue weighted by atomic mass is 35.5. The third-order valence-electron chi connectivity index (χ3n) is 2.26. The van der Waals surface area contributed by atoms with Gasteiger partial charge in [0.1, 0.15) is 10.7 Å². The highest BCUT2D eigenvalue weighted by molar-refractivity contribution is 7.91. The van der Waals surface area contributed by atoms with E-state index in [1.165, 1.54) is 0 Å². The van der Waals surface area contributed by atoms with Crippen LogP contribution in [0.15, 0.2) is 35.6 Å². The van der Waals surface area contributed by atoms with Gasteiger partial charge in [0.2, 0.25) is 0 Å². The summed E-state index contributed by atoms with van der Waals surface area (Å²) < 4.78 is 25.6. The Kier molecular flexibility index (Phi) is 3.16. The minimum Gasteiger partial charge on any atom is -0.290 e. The van der Waals surface area contributed by atoms with Crippen LogP contribution >= 0.6 is 11.6 Å². The number of hydrogen-bond acceptors (Lipinski definition) is 3. The van der Waals surface area contributed by atoms with E-state index in [0.717, 1.165) is 0 Å². The van der Waals surface area contributed by atoms with Gasteiger partial charge in [0, 0.05) is 18.3 Å². The fraction of sp³-hybridized carbons (Fsp3) is 0.300. The van der Waals surface area contributed by atoms with Gasteiger partial charge < -0.3 is 0 Å². The van der Waals surface area contributed by atoms with Crippen LogP contribution in [-0.4, -0.2) is 29.4 Å². The number of alkyl halides is 1. The predicted molar refractivity (Wildman–Crippen MR) is 62.6 cm³/mol. The van der Waals surface area contributed by atoms with E-state index in [0.29, 0.717) is 17.9 Å². The highest BCUT2D eigenvalue weighted by Gasteiger charge is 2.16. The maximum Gasteiger partial charge on any atom is 0.194 e. The molecule has 0 saturated carbocycles. The van der Waals surface area contributed by atoms with Crippen molar-refractivity contribution in [3.63, 3.8) is 0 Å². The fourth-order valence-electron chi connectivity index (χ4n) is 1.52. The molecule has 0 aromatic carbocycles. The van der Waals surface area contributed by atoms with Gasteiger partial charge in [-0.05, 0) is 18.6 Å². The molecule has 0 aliphatic rings. The van der Waals surface area contributed by atoms with Crippen molar-refractivity contribution in [2.75, 3.05) is 11.6 Å². The van der Waals surface area contributed by atoms with E-state index < -0.39 is 9.84 Å². The molecule has 0 N–H and O–H groups in total. The van der Waals surface area contributed by atoms with E-state index in [2.05, 4.69) is 4.98 Å². The second-order valence-corrected chi connectivity index (χ2v) is 5.81. The van der Waals surface area contributed by atoms with Crippen LogP contribution in [0.3, 0.4) is 0 Å². The Labute approximate surface area is 98.8 Å². The molecule has 0 aliphatic carbocycles. The zero-order chi connectivity index (χ0) is 11.6. The average Bonchev–Trinajstić information content (AvgIpc) is 2.73. The van der Waals surface area contributed by atoms with Crippen LogP contribution < -0.4 is 0 Å². The summed E-state index contributed by atoms with van der Waals surface area (Å²) in [6, 6.07) is 5.04. The van der Waals surface area contributed by atoms with Crippen molar-refractivity contribution in [3.8, 4) is 0 Å². The molecule has 0 fully saturated rings. The quantitative estimate of drug-likeness (QED) is 0.785. The second kappa shape index (κ2) is 4.43. The number of aromatic nitrogens is 2. The van der Waals surface area contributed by atoms with Crippen molar-refractivity contribution in [1.29, 1.82) is 0 Å². The first-order valence-electron chi connectivity index (χ1n) is 4.86. The highest BCUT2D eigenvalue weighted by Crippen LogP contribution is 2.14. The van der Waals surface area contributed by atoms with Crippen LogP contribution in [0.25, 0.3) is 5.65 Å². The molecule has 6 heteroatoms. The summed E-state index contributed by atoms with van der Waals surface area (Å²) in [6.45, 7) is 0. The summed E-state index contributed by atoms with van der Waals surface area (Å²) >= 11 is 5.51. The molecule has 0 spiro atoms. The molecule has 2 heterocycles. The maximum atomic E-state index is 12.0.